The number of benzene rings is 2. The molecule has 168 valence electrons. The topological polar surface area (TPSA) is 62.3 Å². The molecule has 0 aromatic heterocycles. The lowest BCUT2D eigenvalue weighted by molar-refractivity contribution is -0.120. The number of amides is 2. The van der Waals surface area contributed by atoms with Crippen LogP contribution in [0.1, 0.15) is 18.9 Å². The molecule has 0 N–H and O–H groups in total. The van der Waals surface area contributed by atoms with Crippen LogP contribution in [0.15, 0.2) is 54.2 Å². The third kappa shape index (κ3) is 4.21. The smallest absolute Gasteiger partial charge is 0.282 e. The highest BCUT2D eigenvalue weighted by Crippen LogP contribution is 2.36. The first-order valence-corrected chi connectivity index (χ1v) is 11.0. The minimum atomic E-state index is -0.320. The van der Waals surface area contributed by atoms with Crippen LogP contribution in [0.2, 0.25) is 0 Å². The van der Waals surface area contributed by atoms with Gasteiger partial charge in [0.2, 0.25) is 0 Å². The quantitative estimate of drug-likeness (QED) is 0.623. The maximum Gasteiger partial charge on any atom is 0.282 e. The van der Waals surface area contributed by atoms with E-state index in [0.29, 0.717) is 48.0 Å². The number of ether oxygens (including phenoxy) is 2. The number of carbonyl (C=O) groups excluding carboxylic acids is 2. The summed E-state index contributed by atoms with van der Waals surface area (Å²) in [6.07, 6.45) is 0.920. The SMILES string of the molecule is CCCOc1ccc(C2=C(N3CCN(C)CC3)C(=O)N(c3cccc(OC)c3)C2=O)cc1. The van der Waals surface area contributed by atoms with Crippen LogP contribution in [0.3, 0.4) is 0 Å². The van der Waals surface area contributed by atoms with E-state index in [4.69, 9.17) is 9.47 Å². The minimum absolute atomic E-state index is 0.297. The van der Waals surface area contributed by atoms with Gasteiger partial charge in [0.15, 0.2) is 0 Å². The number of imide groups is 1. The van der Waals surface area contributed by atoms with Crippen molar-refractivity contribution in [2.45, 2.75) is 13.3 Å². The second-order valence-corrected chi connectivity index (χ2v) is 8.03. The molecular formula is C25H29N3O4. The van der Waals surface area contributed by atoms with Gasteiger partial charge in [-0.1, -0.05) is 25.1 Å². The second-order valence-electron chi connectivity index (χ2n) is 8.03. The number of carbonyl (C=O) groups is 2. The van der Waals surface area contributed by atoms with Gasteiger partial charge in [-0.25, -0.2) is 4.90 Å². The lowest BCUT2D eigenvalue weighted by Crippen LogP contribution is -2.46. The molecule has 2 aliphatic heterocycles. The first kappa shape index (κ1) is 21.9. The van der Waals surface area contributed by atoms with Gasteiger partial charge < -0.3 is 19.3 Å². The Kier molecular flexibility index (Phi) is 6.46. The van der Waals surface area contributed by atoms with Crippen LogP contribution in [0.25, 0.3) is 5.57 Å². The number of rotatable bonds is 7. The van der Waals surface area contributed by atoms with Crippen LogP contribution in [0, 0.1) is 0 Å². The van der Waals surface area contributed by atoms with Gasteiger partial charge in [-0.15, -0.1) is 0 Å². The molecule has 1 saturated heterocycles. The number of piperazine rings is 1. The maximum atomic E-state index is 13.6. The first-order valence-electron chi connectivity index (χ1n) is 11.0. The summed E-state index contributed by atoms with van der Waals surface area (Å²) in [7, 11) is 3.63. The van der Waals surface area contributed by atoms with Crippen molar-refractivity contribution < 1.29 is 19.1 Å². The Morgan fingerprint density at radius 3 is 2.28 bits per heavy atom. The molecule has 0 spiro atoms. The predicted molar refractivity (Wildman–Crippen MR) is 124 cm³/mol. The van der Waals surface area contributed by atoms with Crippen molar-refractivity contribution >= 4 is 23.1 Å². The fourth-order valence-electron chi connectivity index (χ4n) is 4.02. The summed E-state index contributed by atoms with van der Waals surface area (Å²) in [5.41, 5.74) is 2.12. The molecule has 0 aliphatic carbocycles. The van der Waals surface area contributed by atoms with E-state index in [0.717, 1.165) is 25.3 Å². The Hall–Kier alpha value is -3.32. The number of anilines is 1. The molecule has 4 rings (SSSR count). The lowest BCUT2D eigenvalue weighted by atomic mass is 10.0. The molecule has 0 bridgehead atoms. The molecule has 0 saturated carbocycles. The van der Waals surface area contributed by atoms with Gasteiger partial charge >= 0.3 is 0 Å². The zero-order chi connectivity index (χ0) is 22.7. The van der Waals surface area contributed by atoms with Gasteiger partial charge in [0.1, 0.15) is 17.2 Å². The molecule has 7 nitrogen and oxygen atoms in total. The standard InChI is InChI=1S/C25H29N3O4/c1-4-16-32-20-10-8-18(9-11-20)22-23(27-14-12-26(2)13-15-27)25(30)28(24(22)29)19-6-5-7-21(17-19)31-3/h5-11,17H,4,12-16H2,1-3H3. The van der Waals surface area contributed by atoms with E-state index >= 15 is 0 Å². The Bertz CT molecular complexity index is 1020. The summed E-state index contributed by atoms with van der Waals surface area (Å²) >= 11 is 0. The zero-order valence-corrected chi connectivity index (χ0v) is 18.8. The average molecular weight is 436 g/mol. The molecule has 0 atom stereocenters. The van der Waals surface area contributed by atoms with Gasteiger partial charge in [0.25, 0.3) is 11.8 Å². The molecule has 32 heavy (non-hydrogen) atoms. The van der Waals surface area contributed by atoms with Crippen molar-refractivity contribution in [1.29, 1.82) is 0 Å². The summed E-state index contributed by atoms with van der Waals surface area (Å²) in [6, 6.07) is 14.5. The Morgan fingerprint density at radius 2 is 1.62 bits per heavy atom. The van der Waals surface area contributed by atoms with Gasteiger partial charge in [-0.3, -0.25) is 9.59 Å². The number of likely N-dealkylation sites (N-methyl/N-ethyl adjacent to an activating group) is 1. The van der Waals surface area contributed by atoms with Crippen LogP contribution >= 0.6 is 0 Å². The Balaban J connectivity index is 1.74. The Morgan fingerprint density at radius 1 is 0.906 bits per heavy atom. The number of hydrogen-bond acceptors (Lipinski definition) is 6. The molecule has 2 heterocycles. The molecule has 2 aromatic rings. The van der Waals surface area contributed by atoms with Gasteiger partial charge in [-0.05, 0) is 43.3 Å². The molecule has 1 fully saturated rings. The highest BCUT2D eigenvalue weighted by molar-refractivity contribution is 6.45. The Labute approximate surface area is 188 Å². The van der Waals surface area contributed by atoms with Crippen molar-refractivity contribution in [3.8, 4) is 11.5 Å². The number of hydrogen-bond donors (Lipinski definition) is 0. The van der Waals surface area contributed by atoms with Crippen LogP contribution in [0.5, 0.6) is 11.5 Å². The molecule has 0 unspecified atom stereocenters. The maximum absolute atomic E-state index is 13.6. The summed E-state index contributed by atoms with van der Waals surface area (Å²) < 4.78 is 11.0. The van der Waals surface area contributed by atoms with E-state index < -0.39 is 0 Å². The predicted octanol–water partition coefficient (Wildman–Crippen LogP) is 3.02. The minimum Gasteiger partial charge on any atom is -0.497 e. The summed E-state index contributed by atoms with van der Waals surface area (Å²) in [5, 5.41) is 0. The molecule has 0 radical (unpaired) electrons. The highest BCUT2D eigenvalue weighted by atomic mass is 16.5. The second kappa shape index (κ2) is 9.44. The number of nitrogens with zero attached hydrogens (tertiary/aromatic N) is 3. The van der Waals surface area contributed by atoms with E-state index in [1.165, 1.54) is 4.90 Å². The summed E-state index contributed by atoms with van der Waals surface area (Å²) in [4.78, 5) is 32.8. The monoisotopic (exact) mass is 435 g/mol. The average Bonchev–Trinajstić information content (AvgIpc) is 3.08. The molecule has 2 aromatic carbocycles. The van der Waals surface area contributed by atoms with Gasteiger partial charge in [-0.2, -0.15) is 0 Å². The molecule has 2 aliphatic rings. The fraction of sp³-hybridized carbons (Fsp3) is 0.360. The zero-order valence-electron chi connectivity index (χ0n) is 18.8. The summed E-state index contributed by atoms with van der Waals surface area (Å²) in [5.74, 6) is 0.724. The molecule has 2 amide bonds. The van der Waals surface area contributed by atoms with E-state index in [2.05, 4.69) is 18.9 Å². The number of methoxy groups -OCH3 is 1. The third-order valence-electron chi connectivity index (χ3n) is 5.81. The first-order chi connectivity index (χ1) is 15.5. The fourth-order valence-corrected chi connectivity index (χ4v) is 4.02. The van der Waals surface area contributed by atoms with Gasteiger partial charge in [0, 0.05) is 32.2 Å². The van der Waals surface area contributed by atoms with Crippen molar-refractivity contribution in [3.05, 3.63) is 59.8 Å². The van der Waals surface area contributed by atoms with Crippen molar-refractivity contribution in [1.82, 2.24) is 9.80 Å². The van der Waals surface area contributed by atoms with Crippen molar-refractivity contribution in [2.24, 2.45) is 0 Å². The van der Waals surface area contributed by atoms with E-state index in [-0.39, 0.29) is 11.8 Å². The van der Waals surface area contributed by atoms with E-state index in [9.17, 15) is 9.59 Å². The third-order valence-corrected chi connectivity index (χ3v) is 5.81. The normalized spacial score (nSPS) is 17.3. The molecular weight excluding hydrogens is 406 g/mol. The lowest BCUT2D eigenvalue weighted by Gasteiger charge is -2.34. The molecule has 7 heteroatoms. The highest BCUT2D eigenvalue weighted by Gasteiger charge is 2.43. The van der Waals surface area contributed by atoms with E-state index in [1.807, 2.05) is 29.2 Å². The van der Waals surface area contributed by atoms with Crippen molar-refractivity contribution in [3.63, 3.8) is 0 Å². The largest absolute Gasteiger partial charge is 0.497 e. The van der Waals surface area contributed by atoms with Crippen LogP contribution in [-0.2, 0) is 9.59 Å². The van der Waals surface area contributed by atoms with Crippen LogP contribution < -0.4 is 14.4 Å². The van der Waals surface area contributed by atoms with Crippen LogP contribution in [0.4, 0.5) is 5.69 Å². The van der Waals surface area contributed by atoms with Crippen molar-refractivity contribution in [2.75, 3.05) is 51.8 Å². The van der Waals surface area contributed by atoms with E-state index in [1.54, 1.807) is 31.4 Å². The summed E-state index contributed by atoms with van der Waals surface area (Å²) in [6.45, 7) is 5.74. The van der Waals surface area contributed by atoms with Gasteiger partial charge in [0.05, 0.1) is 25.0 Å². The van der Waals surface area contributed by atoms with Crippen LogP contribution in [-0.4, -0.2) is 68.6 Å².